The van der Waals surface area contributed by atoms with Crippen molar-refractivity contribution in [1.29, 1.82) is 0 Å². The summed E-state index contributed by atoms with van der Waals surface area (Å²) >= 11 is 23.2. The molecule has 0 unspecified atom stereocenters. The van der Waals surface area contributed by atoms with E-state index in [4.69, 9.17) is 47.6 Å². The zero-order valence-corrected chi connectivity index (χ0v) is 11.1. The first-order valence-corrected chi connectivity index (χ1v) is 6.24. The number of nitrogens with zero attached hydrogens (tertiary/aromatic N) is 1. The standard InChI is InChI=1S/C8H4Cl2N2S3/c9-5-2-1-4(3-6(5)10)12-8(14)15-7(13)11-12/h1-3H,(H,11,13). The van der Waals surface area contributed by atoms with E-state index in [1.807, 2.05) is 6.07 Å². The Morgan fingerprint density at radius 3 is 2.47 bits per heavy atom. The first-order valence-electron chi connectivity index (χ1n) is 3.85. The molecular formula is C8H4Cl2N2S3. The van der Waals surface area contributed by atoms with Crippen LogP contribution in [0, 0.1) is 7.91 Å². The molecule has 78 valence electrons. The normalized spacial score (nSPS) is 10.5. The van der Waals surface area contributed by atoms with Crippen molar-refractivity contribution in [3.05, 3.63) is 36.2 Å². The second-order valence-electron chi connectivity index (χ2n) is 2.70. The number of H-pyrrole nitrogens is 1. The maximum Gasteiger partial charge on any atom is 0.183 e. The minimum Gasteiger partial charge on any atom is -0.273 e. The van der Waals surface area contributed by atoms with Crippen molar-refractivity contribution in [2.75, 3.05) is 0 Å². The fourth-order valence-corrected chi connectivity index (χ4v) is 2.80. The van der Waals surface area contributed by atoms with E-state index in [-0.39, 0.29) is 0 Å². The Kier molecular flexibility index (Phi) is 3.27. The number of benzene rings is 1. The van der Waals surface area contributed by atoms with Crippen LogP contribution in [0.15, 0.2) is 18.2 Å². The van der Waals surface area contributed by atoms with Gasteiger partial charge in [-0.15, -0.1) is 0 Å². The lowest BCUT2D eigenvalue weighted by molar-refractivity contribution is 0.864. The lowest BCUT2D eigenvalue weighted by Gasteiger charge is -2.03. The summed E-state index contributed by atoms with van der Waals surface area (Å²) in [6, 6.07) is 5.27. The van der Waals surface area contributed by atoms with Crippen LogP contribution in [-0.2, 0) is 0 Å². The second kappa shape index (κ2) is 4.35. The van der Waals surface area contributed by atoms with Crippen molar-refractivity contribution in [2.45, 2.75) is 0 Å². The zero-order chi connectivity index (χ0) is 11.0. The maximum absolute atomic E-state index is 5.91. The third-order valence-corrected chi connectivity index (χ3v) is 3.87. The van der Waals surface area contributed by atoms with Gasteiger partial charge < -0.3 is 0 Å². The predicted molar refractivity (Wildman–Crippen MR) is 69.7 cm³/mol. The fraction of sp³-hybridized carbons (Fsp3) is 0. The topological polar surface area (TPSA) is 20.7 Å². The Morgan fingerprint density at radius 2 is 1.93 bits per heavy atom. The number of nitrogens with one attached hydrogen (secondary N) is 1. The van der Waals surface area contributed by atoms with Crippen LogP contribution in [0.5, 0.6) is 0 Å². The minimum absolute atomic E-state index is 0.488. The molecule has 0 aliphatic heterocycles. The molecule has 2 nitrogen and oxygen atoms in total. The maximum atomic E-state index is 5.91. The Morgan fingerprint density at radius 1 is 1.20 bits per heavy atom. The summed E-state index contributed by atoms with van der Waals surface area (Å²) in [6.45, 7) is 0. The van der Waals surface area contributed by atoms with Crippen LogP contribution in [0.25, 0.3) is 5.69 Å². The molecule has 0 amide bonds. The summed E-state index contributed by atoms with van der Waals surface area (Å²) in [7, 11) is 0. The number of rotatable bonds is 1. The molecule has 0 aliphatic carbocycles. The molecule has 0 radical (unpaired) electrons. The van der Waals surface area contributed by atoms with Gasteiger partial charge in [-0.2, -0.15) is 0 Å². The molecule has 2 rings (SSSR count). The molecule has 0 fully saturated rings. The Balaban J connectivity index is 2.64. The van der Waals surface area contributed by atoms with Crippen LogP contribution in [0.1, 0.15) is 0 Å². The fourth-order valence-electron chi connectivity index (χ4n) is 1.08. The molecular weight excluding hydrogens is 291 g/mol. The Labute approximate surface area is 110 Å². The van der Waals surface area contributed by atoms with Gasteiger partial charge in [-0.25, -0.2) is 4.68 Å². The number of aromatic amines is 1. The van der Waals surface area contributed by atoms with Crippen LogP contribution in [-0.4, -0.2) is 9.78 Å². The van der Waals surface area contributed by atoms with Crippen LogP contribution < -0.4 is 0 Å². The van der Waals surface area contributed by atoms with Crippen molar-refractivity contribution < 1.29 is 0 Å². The summed E-state index contributed by atoms with van der Waals surface area (Å²) in [5.74, 6) is 0. The van der Waals surface area contributed by atoms with E-state index in [0.717, 1.165) is 5.69 Å². The van der Waals surface area contributed by atoms with Crippen molar-refractivity contribution in [2.24, 2.45) is 0 Å². The van der Waals surface area contributed by atoms with E-state index >= 15 is 0 Å². The quantitative estimate of drug-likeness (QED) is 0.774. The van der Waals surface area contributed by atoms with Crippen LogP contribution in [0.4, 0.5) is 0 Å². The molecule has 1 heterocycles. The molecule has 0 saturated carbocycles. The molecule has 0 aliphatic rings. The van der Waals surface area contributed by atoms with Gasteiger partial charge >= 0.3 is 0 Å². The Bertz CT molecular complexity index is 611. The summed E-state index contributed by atoms with van der Waals surface area (Å²) in [5.41, 5.74) is 0.821. The largest absolute Gasteiger partial charge is 0.273 e. The van der Waals surface area contributed by atoms with Crippen LogP contribution in [0.2, 0.25) is 10.0 Å². The SMILES string of the molecule is S=c1[nH]n(-c2ccc(Cl)c(Cl)c2)c(=S)s1. The van der Waals surface area contributed by atoms with Crippen molar-refractivity contribution in [3.8, 4) is 5.69 Å². The highest BCUT2D eigenvalue weighted by molar-refractivity contribution is 7.75. The molecule has 0 spiro atoms. The highest BCUT2D eigenvalue weighted by Crippen LogP contribution is 2.24. The van der Waals surface area contributed by atoms with Crippen LogP contribution in [0.3, 0.4) is 0 Å². The first-order chi connectivity index (χ1) is 7.08. The van der Waals surface area contributed by atoms with E-state index in [1.54, 1.807) is 16.8 Å². The van der Waals surface area contributed by atoms with E-state index in [2.05, 4.69) is 5.10 Å². The predicted octanol–water partition coefficient (Wildman–Crippen LogP) is 4.63. The monoisotopic (exact) mass is 294 g/mol. The van der Waals surface area contributed by atoms with Crippen molar-refractivity contribution in [3.63, 3.8) is 0 Å². The van der Waals surface area contributed by atoms with E-state index in [9.17, 15) is 0 Å². The van der Waals surface area contributed by atoms with E-state index in [0.29, 0.717) is 18.0 Å². The number of hydrogen-bond acceptors (Lipinski definition) is 3. The van der Waals surface area contributed by atoms with Crippen molar-refractivity contribution in [1.82, 2.24) is 9.78 Å². The molecule has 1 aromatic heterocycles. The summed E-state index contributed by atoms with van der Waals surface area (Å²) < 4.78 is 2.98. The highest BCUT2D eigenvalue weighted by atomic mass is 35.5. The zero-order valence-electron chi connectivity index (χ0n) is 7.16. The minimum atomic E-state index is 0.488. The molecule has 2 aromatic rings. The van der Waals surface area contributed by atoms with Gasteiger partial charge in [0.1, 0.15) is 0 Å². The van der Waals surface area contributed by atoms with Crippen molar-refractivity contribution >= 4 is 59.0 Å². The Hall–Kier alpha value is -0.200. The smallest absolute Gasteiger partial charge is 0.183 e. The number of hydrogen-bond donors (Lipinski definition) is 1. The molecule has 1 aromatic carbocycles. The third-order valence-electron chi connectivity index (χ3n) is 1.73. The molecule has 1 N–H and O–H groups in total. The van der Waals surface area contributed by atoms with E-state index < -0.39 is 0 Å². The summed E-state index contributed by atoms with van der Waals surface area (Å²) in [6.07, 6.45) is 0. The molecule has 0 bridgehead atoms. The molecule has 15 heavy (non-hydrogen) atoms. The average Bonchev–Trinajstić information content (AvgIpc) is 2.50. The molecule has 0 atom stereocenters. The van der Waals surface area contributed by atoms with E-state index in [1.165, 1.54) is 11.3 Å². The van der Waals surface area contributed by atoms with Crippen LogP contribution >= 0.6 is 59.0 Å². The average molecular weight is 295 g/mol. The summed E-state index contributed by atoms with van der Waals surface area (Å²) in [4.78, 5) is 0. The lowest BCUT2D eigenvalue weighted by Crippen LogP contribution is -1.95. The van der Waals surface area contributed by atoms with Gasteiger partial charge in [-0.3, -0.25) is 5.10 Å². The third kappa shape index (κ3) is 2.32. The van der Waals surface area contributed by atoms with Gasteiger partial charge in [0.25, 0.3) is 0 Å². The van der Waals surface area contributed by atoms with Gasteiger partial charge in [0.15, 0.2) is 7.91 Å². The molecule has 7 heteroatoms. The van der Waals surface area contributed by atoms with Gasteiger partial charge in [0.2, 0.25) is 0 Å². The molecule has 0 saturated heterocycles. The highest BCUT2D eigenvalue weighted by Gasteiger charge is 2.03. The number of halogens is 2. The first kappa shape index (κ1) is 11.3. The van der Waals surface area contributed by atoms with Gasteiger partial charge in [0, 0.05) is 0 Å². The lowest BCUT2D eigenvalue weighted by atomic mass is 10.3. The van der Waals surface area contributed by atoms with Gasteiger partial charge in [-0.1, -0.05) is 34.5 Å². The number of aromatic nitrogens is 2. The summed E-state index contributed by atoms with van der Waals surface area (Å²) in [5, 5.41) is 3.95. The second-order valence-corrected chi connectivity index (χ2v) is 5.83. The van der Waals surface area contributed by atoms with Gasteiger partial charge in [-0.05, 0) is 42.6 Å². The van der Waals surface area contributed by atoms with Gasteiger partial charge in [0.05, 0.1) is 15.7 Å².